The molecule has 1 heterocycles. The number of nitrogens with zero attached hydrogens (tertiary/aromatic N) is 1. The second-order valence-corrected chi connectivity index (χ2v) is 10.3. The molecule has 0 aromatic rings. The number of hydrogen-bond acceptors (Lipinski definition) is 5. The molecule has 0 radical (unpaired) electrons. The maximum absolute atomic E-state index is 12.9. The van der Waals surface area contributed by atoms with Gasteiger partial charge in [-0.05, 0) is 33.1 Å². The van der Waals surface area contributed by atoms with Crippen molar-refractivity contribution in [2.24, 2.45) is 11.7 Å². The number of ether oxygens (including phenoxy) is 2. The SMILES string of the molecule is COC1=CC(=O)N(C(=O)[C@H](C)[C@@H](CCCCC(Cl)(Cl)C(C)(Cl)Cl)OC(N)=O)[C@H]1C. The first-order valence-corrected chi connectivity index (χ1v) is 10.6. The maximum atomic E-state index is 12.9. The lowest BCUT2D eigenvalue weighted by molar-refractivity contribution is -0.147. The zero-order valence-electron chi connectivity index (χ0n) is 16.7. The molecule has 0 unspecified atom stereocenters. The molecular weight excluding hydrogens is 466 g/mol. The van der Waals surface area contributed by atoms with Crippen LogP contribution in [0.2, 0.25) is 0 Å². The van der Waals surface area contributed by atoms with Gasteiger partial charge in [-0.3, -0.25) is 14.5 Å². The van der Waals surface area contributed by atoms with Crippen LogP contribution in [0.3, 0.4) is 0 Å². The van der Waals surface area contributed by atoms with E-state index in [1.165, 1.54) is 20.1 Å². The largest absolute Gasteiger partial charge is 0.499 e. The number of primary amides is 1. The van der Waals surface area contributed by atoms with Crippen molar-refractivity contribution in [3.05, 3.63) is 11.8 Å². The van der Waals surface area contributed by atoms with Crippen LogP contribution in [-0.2, 0) is 19.1 Å². The van der Waals surface area contributed by atoms with E-state index in [1.54, 1.807) is 13.8 Å². The summed E-state index contributed by atoms with van der Waals surface area (Å²) >= 11 is 24.2. The van der Waals surface area contributed by atoms with E-state index >= 15 is 0 Å². The second kappa shape index (κ2) is 10.4. The molecule has 0 aromatic carbocycles. The van der Waals surface area contributed by atoms with E-state index in [0.717, 1.165) is 4.90 Å². The third-order valence-corrected chi connectivity index (χ3v) is 7.03. The molecule has 1 aliphatic heterocycles. The molecule has 0 fully saturated rings. The van der Waals surface area contributed by atoms with Crippen molar-refractivity contribution in [3.63, 3.8) is 0 Å². The molecule has 0 bridgehead atoms. The molecule has 29 heavy (non-hydrogen) atoms. The monoisotopic (exact) mass is 490 g/mol. The summed E-state index contributed by atoms with van der Waals surface area (Å²) in [5, 5.41) is 0. The summed E-state index contributed by atoms with van der Waals surface area (Å²) in [5.74, 6) is -1.40. The number of nitrogens with two attached hydrogens (primary N) is 1. The number of unbranched alkanes of at least 4 members (excludes halogenated alkanes) is 1. The van der Waals surface area contributed by atoms with Gasteiger partial charge in [0.1, 0.15) is 16.2 Å². The van der Waals surface area contributed by atoms with Crippen molar-refractivity contribution in [2.45, 2.75) is 67.3 Å². The first kappa shape index (κ1) is 26.1. The Morgan fingerprint density at radius 3 is 2.31 bits per heavy atom. The molecule has 1 rings (SSSR count). The van der Waals surface area contributed by atoms with Crippen LogP contribution in [0.1, 0.15) is 46.5 Å². The molecule has 7 nitrogen and oxygen atoms in total. The van der Waals surface area contributed by atoms with E-state index in [2.05, 4.69) is 0 Å². The van der Waals surface area contributed by atoms with Crippen LogP contribution in [0.5, 0.6) is 0 Å². The van der Waals surface area contributed by atoms with Crippen LogP contribution >= 0.6 is 46.4 Å². The number of carbonyl (C=O) groups excluding carboxylic acids is 3. The van der Waals surface area contributed by atoms with Gasteiger partial charge in [0.05, 0.1) is 19.1 Å². The number of hydrogen-bond donors (Lipinski definition) is 1. The van der Waals surface area contributed by atoms with E-state index in [-0.39, 0.29) is 6.42 Å². The average Bonchev–Trinajstić information content (AvgIpc) is 2.88. The predicted molar refractivity (Wildman–Crippen MR) is 113 cm³/mol. The van der Waals surface area contributed by atoms with Crippen LogP contribution < -0.4 is 5.73 Å². The van der Waals surface area contributed by atoms with Crippen LogP contribution in [0, 0.1) is 5.92 Å². The lowest BCUT2D eigenvalue weighted by Crippen LogP contribution is -2.46. The number of rotatable bonds is 10. The highest BCUT2D eigenvalue weighted by molar-refractivity contribution is 6.62. The minimum Gasteiger partial charge on any atom is -0.499 e. The molecule has 0 spiro atoms. The van der Waals surface area contributed by atoms with Crippen LogP contribution in [0.4, 0.5) is 4.79 Å². The van der Waals surface area contributed by atoms with Gasteiger partial charge < -0.3 is 15.2 Å². The van der Waals surface area contributed by atoms with Crippen molar-refractivity contribution in [3.8, 4) is 0 Å². The van der Waals surface area contributed by atoms with Gasteiger partial charge in [0.15, 0.2) is 4.33 Å². The van der Waals surface area contributed by atoms with Gasteiger partial charge >= 0.3 is 6.09 Å². The van der Waals surface area contributed by atoms with E-state index in [0.29, 0.717) is 25.0 Å². The van der Waals surface area contributed by atoms with Gasteiger partial charge in [-0.15, -0.1) is 0 Å². The Balaban J connectivity index is 2.76. The highest BCUT2D eigenvalue weighted by atomic mass is 35.5. The standard InChI is InChI=1S/C18H26Cl4N2O5/c1-10(15(26)24-11(2)13(28-4)9-14(24)25)12(29-16(23)27)7-5-6-8-18(21,22)17(3,19)20/h9-12H,5-8H2,1-4H3,(H2,23,27)/t10-,11+,12-/m1/s1. The van der Waals surface area contributed by atoms with Crippen molar-refractivity contribution in [1.29, 1.82) is 0 Å². The van der Waals surface area contributed by atoms with Crippen LogP contribution in [0.25, 0.3) is 0 Å². The van der Waals surface area contributed by atoms with Gasteiger partial charge in [-0.1, -0.05) is 59.7 Å². The van der Waals surface area contributed by atoms with Gasteiger partial charge in [-0.25, -0.2) is 4.79 Å². The Hall–Kier alpha value is -0.890. The van der Waals surface area contributed by atoms with Crippen molar-refractivity contribution >= 4 is 64.3 Å². The lowest BCUT2D eigenvalue weighted by atomic mass is 9.96. The minimum absolute atomic E-state index is 0.286. The van der Waals surface area contributed by atoms with Crippen LogP contribution in [-0.4, -0.2) is 50.7 Å². The number of carbonyl (C=O) groups is 3. The Kier molecular flexibility index (Phi) is 9.40. The molecular formula is C18H26Cl4N2O5. The molecule has 1 aliphatic rings. The molecule has 0 aromatic heterocycles. The summed E-state index contributed by atoms with van der Waals surface area (Å²) in [6.45, 7) is 4.74. The molecule has 0 saturated heterocycles. The maximum Gasteiger partial charge on any atom is 0.404 e. The van der Waals surface area contributed by atoms with E-state index in [4.69, 9.17) is 61.6 Å². The second-order valence-electron chi connectivity index (χ2n) is 7.08. The first-order valence-electron chi connectivity index (χ1n) is 9.07. The van der Waals surface area contributed by atoms with Crippen LogP contribution in [0.15, 0.2) is 11.8 Å². The Morgan fingerprint density at radius 1 is 1.28 bits per heavy atom. The fourth-order valence-corrected chi connectivity index (χ4v) is 3.47. The summed E-state index contributed by atoms with van der Waals surface area (Å²) in [6, 6.07) is -0.546. The molecule has 2 N–H and O–H groups in total. The normalized spacial score (nSPS) is 19.6. The number of methoxy groups -OCH3 is 1. The Labute approximate surface area is 190 Å². The molecule has 0 saturated carbocycles. The van der Waals surface area contributed by atoms with Gasteiger partial charge in [0.2, 0.25) is 5.91 Å². The Morgan fingerprint density at radius 2 is 1.86 bits per heavy atom. The Bertz CT molecular complexity index is 663. The highest BCUT2D eigenvalue weighted by Crippen LogP contribution is 2.45. The van der Waals surface area contributed by atoms with Gasteiger partial charge in [-0.2, -0.15) is 0 Å². The quantitative estimate of drug-likeness (QED) is 0.362. The number of amides is 3. The molecule has 3 amide bonds. The van der Waals surface area contributed by atoms with Crippen molar-refractivity contribution in [2.75, 3.05) is 7.11 Å². The summed E-state index contributed by atoms with van der Waals surface area (Å²) in [7, 11) is 1.42. The lowest BCUT2D eigenvalue weighted by Gasteiger charge is -2.30. The third-order valence-electron chi connectivity index (χ3n) is 4.86. The van der Waals surface area contributed by atoms with Gasteiger partial charge in [0.25, 0.3) is 5.91 Å². The molecule has 166 valence electrons. The zero-order chi connectivity index (χ0) is 22.6. The van der Waals surface area contributed by atoms with E-state index < -0.39 is 44.6 Å². The molecule has 11 heteroatoms. The van der Waals surface area contributed by atoms with Crippen molar-refractivity contribution in [1.82, 2.24) is 4.90 Å². The predicted octanol–water partition coefficient (Wildman–Crippen LogP) is 4.30. The summed E-state index contributed by atoms with van der Waals surface area (Å²) < 4.78 is 7.53. The number of alkyl halides is 4. The summed E-state index contributed by atoms with van der Waals surface area (Å²) in [6.07, 6.45) is 1.03. The summed E-state index contributed by atoms with van der Waals surface area (Å²) in [5.41, 5.74) is 5.15. The van der Waals surface area contributed by atoms with E-state index in [9.17, 15) is 14.4 Å². The van der Waals surface area contributed by atoms with Gasteiger partial charge in [0, 0.05) is 6.08 Å². The minimum atomic E-state index is -1.36. The fraction of sp³-hybridized carbons (Fsp3) is 0.722. The summed E-state index contributed by atoms with van der Waals surface area (Å²) in [4.78, 5) is 37.4. The topological polar surface area (TPSA) is 98.9 Å². The number of imide groups is 1. The average molecular weight is 492 g/mol. The molecule has 3 atom stereocenters. The highest BCUT2D eigenvalue weighted by Gasteiger charge is 2.43. The smallest absolute Gasteiger partial charge is 0.404 e. The van der Waals surface area contributed by atoms with E-state index in [1.807, 2.05) is 0 Å². The zero-order valence-corrected chi connectivity index (χ0v) is 19.7. The number of halogens is 4. The first-order chi connectivity index (χ1) is 13.2. The van der Waals surface area contributed by atoms with Crippen molar-refractivity contribution < 1.29 is 23.9 Å². The fourth-order valence-electron chi connectivity index (χ4n) is 3.01. The molecule has 0 aliphatic carbocycles. The third kappa shape index (κ3) is 6.81.